The second kappa shape index (κ2) is 12.4. The maximum Gasteiger partial charge on any atom is 0.306 e. The number of thioether (sulfide) groups is 2. The van der Waals surface area contributed by atoms with Crippen LogP contribution in [0.3, 0.4) is 0 Å². The van der Waals surface area contributed by atoms with E-state index in [0.29, 0.717) is 29.6 Å². The van der Waals surface area contributed by atoms with Gasteiger partial charge < -0.3 is 9.47 Å². The van der Waals surface area contributed by atoms with Crippen LogP contribution in [0, 0.1) is 11.8 Å². The van der Waals surface area contributed by atoms with Gasteiger partial charge in [0.15, 0.2) is 0 Å². The Morgan fingerprint density at radius 2 is 2.11 bits per heavy atom. The van der Waals surface area contributed by atoms with Crippen molar-refractivity contribution in [1.82, 2.24) is 0 Å². The summed E-state index contributed by atoms with van der Waals surface area (Å²) in [6.07, 6.45) is 10.6. The van der Waals surface area contributed by atoms with E-state index >= 15 is 0 Å². The van der Waals surface area contributed by atoms with Crippen molar-refractivity contribution in [3.63, 3.8) is 0 Å². The highest BCUT2D eigenvalue weighted by molar-refractivity contribution is 8.00. The molecule has 0 amide bonds. The molecule has 0 aromatic rings. The molecule has 3 nitrogen and oxygen atoms in total. The van der Waals surface area contributed by atoms with Gasteiger partial charge in [-0.25, -0.2) is 0 Å². The Bertz CT molecular complexity index is 478. The lowest BCUT2D eigenvalue weighted by Gasteiger charge is -2.34. The predicted octanol–water partition coefficient (Wildman–Crippen LogP) is 5.72. The molecule has 0 spiro atoms. The van der Waals surface area contributed by atoms with Crippen LogP contribution in [0.1, 0.15) is 65.7 Å². The zero-order valence-electron chi connectivity index (χ0n) is 17.6. The van der Waals surface area contributed by atoms with Gasteiger partial charge >= 0.3 is 5.97 Å². The third kappa shape index (κ3) is 8.41. The number of rotatable bonds is 10. The van der Waals surface area contributed by atoms with E-state index in [0.717, 1.165) is 24.3 Å². The van der Waals surface area contributed by atoms with E-state index in [-0.39, 0.29) is 12.1 Å². The third-order valence-electron chi connectivity index (χ3n) is 5.76. The maximum atomic E-state index is 11.3. The van der Waals surface area contributed by atoms with Crippen molar-refractivity contribution in [3.8, 4) is 0 Å². The number of allylic oxidation sites excluding steroid dienone is 2. The van der Waals surface area contributed by atoms with Gasteiger partial charge in [0.2, 0.25) is 0 Å². The first kappa shape index (κ1) is 23.2. The van der Waals surface area contributed by atoms with Crippen LogP contribution in [0.5, 0.6) is 0 Å². The van der Waals surface area contributed by atoms with Crippen molar-refractivity contribution in [2.24, 2.45) is 11.8 Å². The lowest BCUT2D eigenvalue weighted by Crippen LogP contribution is -2.33. The van der Waals surface area contributed by atoms with E-state index in [4.69, 9.17) is 9.47 Å². The standard InChI is InChI=1S/C22H38O3S2/c1-16(2)17(3)13-18-9-10-21(20(14-18)24-4)27-12-6-11-26-15-19-7-5-8-22(23)25-19/h13,16,18-21H,5-12,14-15H2,1-4H3/b17-13+/t18?,19?,20-,21+/m1/s1. The summed E-state index contributed by atoms with van der Waals surface area (Å²) in [5.74, 6) is 4.64. The number of hydrogen-bond acceptors (Lipinski definition) is 5. The molecule has 0 bridgehead atoms. The molecule has 156 valence electrons. The van der Waals surface area contributed by atoms with E-state index in [9.17, 15) is 4.79 Å². The van der Waals surface area contributed by atoms with E-state index in [1.54, 1.807) is 0 Å². The molecule has 2 rings (SSSR count). The number of carbonyl (C=O) groups is 1. The van der Waals surface area contributed by atoms with Gasteiger partial charge in [-0.1, -0.05) is 25.5 Å². The quantitative estimate of drug-likeness (QED) is 0.259. The number of hydrogen-bond donors (Lipinski definition) is 0. The molecule has 2 fully saturated rings. The molecule has 27 heavy (non-hydrogen) atoms. The summed E-state index contributed by atoms with van der Waals surface area (Å²) in [5.41, 5.74) is 1.52. The normalized spacial score (nSPS) is 29.8. The summed E-state index contributed by atoms with van der Waals surface area (Å²) < 4.78 is 11.2. The first-order valence-electron chi connectivity index (χ1n) is 10.6. The highest BCUT2D eigenvalue weighted by Gasteiger charge is 2.30. The van der Waals surface area contributed by atoms with Crippen LogP contribution in [-0.4, -0.2) is 47.8 Å². The number of methoxy groups -OCH3 is 1. The molecule has 4 atom stereocenters. The number of esters is 1. The first-order valence-corrected chi connectivity index (χ1v) is 12.8. The molecular weight excluding hydrogens is 376 g/mol. The molecular formula is C22H38O3S2. The van der Waals surface area contributed by atoms with Crippen LogP contribution in [0.15, 0.2) is 11.6 Å². The van der Waals surface area contributed by atoms with Crippen molar-refractivity contribution < 1.29 is 14.3 Å². The van der Waals surface area contributed by atoms with Crippen LogP contribution in [0.2, 0.25) is 0 Å². The van der Waals surface area contributed by atoms with Crippen molar-refractivity contribution in [3.05, 3.63) is 11.6 Å². The topological polar surface area (TPSA) is 35.5 Å². The molecule has 0 radical (unpaired) electrons. The van der Waals surface area contributed by atoms with E-state index in [1.807, 2.05) is 18.9 Å². The summed E-state index contributed by atoms with van der Waals surface area (Å²) in [7, 11) is 1.88. The van der Waals surface area contributed by atoms with Crippen LogP contribution in [-0.2, 0) is 14.3 Å². The molecule has 1 saturated carbocycles. The van der Waals surface area contributed by atoms with Crippen LogP contribution >= 0.6 is 23.5 Å². The highest BCUT2D eigenvalue weighted by atomic mass is 32.2. The number of cyclic esters (lactones) is 1. The van der Waals surface area contributed by atoms with E-state index < -0.39 is 0 Å². The second-order valence-corrected chi connectivity index (χ2v) is 10.8. The average molecular weight is 415 g/mol. The fourth-order valence-corrected chi connectivity index (χ4v) is 6.34. The highest BCUT2D eigenvalue weighted by Crippen LogP contribution is 2.35. The zero-order chi connectivity index (χ0) is 19.6. The van der Waals surface area contributed by atoms with Gasteiger partial charge in [0.05, 0.1) is 6.10 Å². The lowest BCUT2D eigenvalue weighted by atomic mass is 9.84. The van der Waals surface area contributed by atoms with Gasteiger partial charge in [-0.3, -0.25) is 4.79 Å². The van der Waals surface area contributed by atoms with E-state index in [1.165, 1.54) is 37.0 Å². The molecule has 1 aliphatic carbocycles. The summed E-state index contributed by atoms with van der Waals surface area (Å²) in [6, 6.07) is 0. The molecule has 1 heterocycles. The van der Waals surface area contributed by atoms with Crippen LogP contribution < -0.4 is 0 Å². The minimum absolute atomic E-state index is 0.0120. The molecule has 1 saturated heterocycles. The summed E-state index contributed by atoms with van der Waals surface area (Å²) in [6.45, 7) is 6.81. The average Bonchev–Trinajstić information content (AvgIpc) is 2.65. The maximum absolute atomic E-state index is 11.3. The zero-order valence-corrected chi connectivity index (χ0v) is 19.2. The number of ether oxygens (including phenoxy) is 2. The van der Waals surface area contributed by atoms with Crippen molar-refractivity contribution in [1.29, 1.82) is 0 Å². The number of carbonyl (C=O) groups excluding carboxylic acids is 1. The summed E-state index contributed by atoms with van der Waals surface area (Å²) in [4.78, 5) is 11.3. The Hall–Kier alpha value is -0.130. The molecule has 1 aliphatic heterocycles. The van der Waals surface area contributed by atoms with Gasteiger partial charge in [-0.2, -0.15) is 23.5 Å². The largest absolute Gasteiger partial charge is 0.461 e. The van der Waals surface area contributed by atoms with Gasteiger partial charge in [0, 0.05) is 24.5 Å². The SMILES string of the molecule is CO[C@@H]1CC(/C=C(\C)C(C)C)CC[C@@H]1SCCCSCC1CCCC(=O)O1. The van der Waals surface area contributed by atoms with Crippen molar-refractivity contribution >= 4 is 29.5 Å². The molecule has 0 aromatic heterocycles. The fraction of sp³-hybridized carbons (Fsp3) is 0.864. The van der Waals surface area contributed by atoms with Crippen LogP contribution in [0.4, 0.5) is 0 Å². The van der Waals surface area contributed by atoms with Crippen LogP contribution in [0.25, 0.3) is 0 Å². The summed E-state index contributed by atoms with van der Waals surface area (Å²) >= 11 is 4.03. The van der Waals surface area contributed by atoms with Crippen molar-refractivity contribution in [2.45, 2.75) is 83.2 Å². The third-order valence-corrected chi connectivity index (χ3v) is 8.43. The second-order valence-electron chi connectivity index (χ2n) is 8.25. The van der Waals surface area contributed by atoms with E-state index in [2.05, 4.69) is 38.6 Å². The minimum atomic E-state index is -0.0120. The monoisotopic (exact) mass is 414 g/mol. The molecule has 0 aromatic carbocycles. The molecule has 0 N–H and O–H groups in total. The minimum Gasteiger partial charge on any atom is -0.461 e. The Morgan fingerprint density at radius 1 is 1.30 bits per heavy atom. The Balaban J connectivity index is 1.60. The Kier molecular flexibility index (Phi) is 10.7. The molecule has 2 unspecified atom stereocenters. The predicted molar refractivity (Wildman–Crippen MR) is 119 cm³/mol. The van der Waals surface area contributed by atoms with Gasteiger partial charge in [0.25, 0.3) is 0 Å². The smallest absolute Gasteiger partial charge is 0.306 e. The molecule has 2 aliphatic rings. The van der Waals surface area contributed by atoms with Gasteiger partial charge in [-0.05, 0) is 68.8 Å². The summed E-state index contributed by atoms with van der Waals surface area (Å²) in [5, 5.41) is 0.642. The fourth-order valence-electron chi connectivity index (χ4n) is 3.79. The Morgan fingerprint density at radius 3 is 2.81 bits per heavy atom. The molecule has 5 heteroatoms. The van der Waals surface area contributed by atoms with Crippen molar-refractivity contribution in [2.75, 3.05) is 24.4 Å². The van der Waals surface area contributed by atoms with Gasteiger partial charge in [-0.15, -0.1) is 0 Å². The first-order chi connectivity index (χ1) is 13.0. The Labute approximate surface area is 174 Å². The lowest BCUT2D eigenvalue weighted by molar-refractivity contribution is -0.152. The van der Waals surface area contributed by atoms with Gasteiger partial charge in [0.1, 0.15) is 6.10 Å².